The van der Waals surface area contributed by atoms with Crippen LogP contribution >= 0.6 is 0 Å². The molecule has 2 fully saturated rings. The van der Waals surface area contributed by atoms with Crippen LogP contribution in [0.3, 0.4) is 0 Å². The van der Waals surface area contributed by atoms with E-state index in [2.05, 4.69) is 16.4 Å². The monoisotopic (exact) mass is 426 g/mol. The normalized spacial score (nSPS) is 24.5. The Morgan fingerprint density at radius 2 is 1.90 bits per heavy atom. The number of pyridine rings is 1. The van der Waals surface area contributed by atoms with Crippen molar-refractivity contribution in [3.8, 4) is 5.75 Å². The zero-order chi connectivity index (χ0) is 22.1. The van der Waals surface area contributed by atoms with Crippen LogP contribution < -0.4 is 10.1 Å². The number of nitrogens with one attached hydrogen (secondary N) is 1. The number of amides is 2. The highest BCUT2D eigenvalue weighted by Crippen LogP contribution is 2.52. The van der Waals surface area contributed by atoms with E-state index in [9.17, 15) is 9.59 Å². The Labute approximate surface area is 181 Å². The average Bonchev–Trinajstić information content (AvgIpc) is 3.11. The van der Waals surface area contributed by atoms with E-state index >= 15 is 0 Å². The van der Waals surface area contributed by atoms with Gasteiger partial charge in [0.1, 0.15) is 22.7 Å². The number of carbonyl (C=O) groups is 2. The van der Waals surface area contributed by atoms with Gasteiger partial charge in [-0.1, -0.05) is 0 Å². The van der Waals surface area contributed by atoms with Crippen LogP contribution in [-0.2, 0) is 21.5 Å². The van der Waals surface area contributed by atoms with Crippen LogP contribution in [0.15, 0.2) is 18.5 Å². The second kappa shape index (κ2) is 6.61. The number of imidazole rings is 1. The smallest absolute Gasteiger partial charge is 0.410 e. The van der Waals surface area contributed by atoms with Crippen molar-refractivity contribution in [2.24, 2.45) is 17.8 Å². The molecule has 2 aromatic rings. The number of aromatic nitrogens is 2. The molecular formula is C23H30N4O4. The van der Waals surface area contributed by atoms with Gasteiger partial charge in [-0.05, 0) is 52.5 Å². The molecule has 0 bridgehead atoms. The topological polar surface area (TPSA) is 85.2 Å². The predicted octanol–water partition coefficient (Wildman–Crippen LogP) is 2.73. The van der Waals surface area contributed by atoms with Crippen molar-refractivity contribution < 1.29 is 19.1 Å². The number of fused-ring (bicyclic) bond motifs is 4. The highest BCUT2D eigenvalue weighted by molar-refractivity contribution is 5.84. The molecule has 31 heavy (non-hydrogen) atoms. The Hall–Kier alpha value is -2.77. The third-order valence-corrected chi connectivity index (χ3v) is 6.51. The molecule has 8 heteroatoms. The first-order chi connectivity index (χ1) is 14.5. The van der Waals surface area contributed by atoms with Crippen LogP contribution in [-0.4, -0.2) is 51.6 Å². The zero-order valence-electron chi connectivity index (χ0n) is 18.8. The van der Waals surface area contributed by atoms with E-state index in [0.29, 0.717) is 19.7 Å². The Morgan fingerprint density at radius 3 is 2.58 bits per heavy atom. The second-order valence-electron chi connectivity index (χ2n) is 10.5. The van der Waals surface area contributed by atoms with Crippen molar-refractivity contribution in [3.05, 3.63) is 29.8 Å². The Balaban J connectivity index is 1.25. The van der Waals surface area contributed by atoms with Crippen molar-refractivity contribution in [3.63, 3.8) is 0 Å². The van der Waals surface area contributed by atoms with E-state index in [-0.39, 0.29) is 29.8 Å². The molecule has 3 aliphatic rings. The summed E-state index contributed by atoms with van der Waals surface area (Å²) in [6.07, 6.45) is 4.44. The maximum absolute atomic E-state index is 13.1. The van der Waals surface area contributed by atoms with Crippen molar-refractivity contribution in [2.45, 2.75) is 52.2 Å². The first-order valence-corrected chi connectivity index (χ1v) is 11.0. The molecule has 3 atom stereocenters. The van der Waals surface area contributed by atoms with Crippen LogP contribution in [0.5, 0.6) is 5.75 Å². The molecule has 1 saturated heterocycles. The summed E-state index contributed by atoms with van der Waals surface area (Å²) >= 11 is 0. The van der Waals surface area contributed by atoms with Crippen LogP contribution in [0, 0.1) is 17.8 Å². The minimum absolute atomic E-state index is 0.0259. The van der Waals surface area contributed by atoms with Gasteiger partial charge in [0.15, 0.2) is 0 Å². The maximum atomic E-state index is 13.1. The molecule has 8 nitrogen and oxygen atoms in total. The summed E-state index contributed by atoms with van der Waals surface area (Å²) in [5.41, 5.74) is 0.978. The summed E-state index contributed by atoms with van der Waals surface area (Å²) in [5, 5.41) is 3.19. The fourth-order valence-corrected chi connectivity index (χ4v) is 5.01. The summed E-state index contributed by atoms with van der Waals surface area (Å²) in [4.78, 5) is 31.7. The van der Waals surface area contributed by atoms with Gasteiger partial charge in [-0.15, -0.1) is 0 Å². The number of piperidine rings is 1. The van der Waals surface area contributed by atoms with Gasteiger partial charge in [0.2, 0.25) is 5.91 Å². The third kappa shape index (κ3) is 3.42. The van der Waals surface area contributed by atoms with E-state index in [1.807, 2.05) is 51.4 Å². The number of hydrogen-bond donors (Lipinski definition) is 1. The number of hydrogen-bond acceptors (Lipinski definition) is 5. The highest BCUT2D eigenvalue weighted by Gasteiger charge is 2.61. The fraction of sp³-hybridized carbons (Fsp3) is 0.609. The Kier molecular flexibility index (Phi) is 4.30. The summed E-state index contributed by atoms with van der Waals surface area (Å²) in [7, 11) is 0. The molecule has 0 spiro atoms. The molecule has 1 saturated carbocycles. The number of ether oxygens (including phenoxy) is 2. The van der Waals surface area contributed by atoms with Crippen molar-refractivity contribution in [1.29, 1.82) is 0 Å². The molecule has 0 radical (unpaired) electrons. The molecule has 1 N–H and O–H groups in total. The van der Waals surface area contributed by atoms with E-state index in [1.54, 1.807) is 4.90 Å². The molecule has 2 amide bonds. The minimum Gasteiger partial charge on any atom is -0.491 e. The summed E-state index contributed by atoms with van der Waals surface area (Å²) < 4.78 is 13.2. The van der Waals surface area contributed by atoms with Gasteiger partial charge in [0.25, 0.3) is 0 Å². The highest BCUT2D eigenvalue weighted by atomic mass is 16.6. The fourth-order valence-electron chi connectivity index (χ4n) is 5.01. The quantitative estimate of drug-likeness (QED) is 0.816. The first kappa shape index (κ1) is 20.2. The molecular weight excluding hydrogens is 396 g/mol. The van der Waals surface area contributed by atoms with Crippen LogP contribution in [0.25, 0.3) is 5.52 Å². The van der Waals surface area contributed by atoms with E-state index in [4.69, 9.17) is 9.47 Å². The Bertz CT molecular complexity index is 1060. The lowest BCUT2D eigenvalue weighted by Crippen LogP contribution is -2.45. The van der Waals surface area contributed by atoms with Crippen molar-refractivity contribution >= 4 is 17.5 Å². The summed E-state index contributed by atoms with van der Waals surface area (Å²) in [5.74, 6) is 2.04. The zero-order valence-corrected chi connectivity index (χ0v) is 18.8. The first-order valence-electron chi connectivity index (χ1n) is 11.0. The molecule has 0 aromatic carbocycles. The van der Waals surface area contributed by atoms with Gasteiger partial charge >= 0.3 is 6.09 Å². The number of likely N-dealkylation sites (tertiary alicyclic amines) is 1. The molecule has 1 aliphatic carbocycles. The average molecular weight is 427 g/mol. The molecule has 4 heterocycles. The van der Waals surface area contributed by atoms with Gasteiger partial charge in [-0.3, -0.25) is 9.20 Å². The summed E-state index contributed by atoms with van der Waals surface area (Å²) in [6.45, 7) is 11.4. The lowest BCUT2D eigenvalue weighted by atomic mass is 10.0. The van der Waals surface area contributed by atoms with Gasteiger partial charge in [0.05, 0.1) is 18.3 Å². The maximum Gasteiger partial charge on any atom is 0.410 e. The minimum atomic E-state index is -0.641. The SMILES string of the molecule is CC(C)(C)OC(=O)N1C[C@@H]2[C@H](C1)[C@H]2C(=O)NC(C)(C)c1ncc2c3c(ccn12)CCO3. The van der Waals surface area contributed by atoms with E-state index in [0.717, 1.165) is 23.5 Å². The second-order valence-corrected chi connectivity index (χ2v) is 10.5. The van der Waals surface area contributed by atoms with Crippen LogP contribution in [0.4, 0.5) is 4.79 Å². The Morgan fingerprint density at radius 1 is 1.19 bits per heavy atom. The standard InChI is InChI=1S/C23H30N4O4/c1-22(2,3)31-21(29)26-11-14-15(12-26)17(14)19(28)25-23(4,5)20-24-10-16-18-13(7-9-30-18)6-8-27(16)20/h6,8,10,14-15,17H,7,9,11-12H2,1-5H3,(H,25,28)/t14-,15+,17+. The van der Waals surface area contributed by atoms with E-state index in [1.165, 1.54) is 5.56 Å². The molecule has 2 aromatic heterocycles. The largest absolute Gasteiger partial charge is 0.491 e. The number of rotatable bonds is 3. The lowest BCUT2D eigenvalue weighted by molar-refractivity contribution is -0.125. The van der Waals surface area contributed by atoms with Crippen LogP contribution in [0.2, 0.25) is 0 Å². The molecule has 5 rings (SSSR count). The van der Waals surface area contributed by atoms with Gasteiger partial charge in [0, 0.05) is 37.2 Å². The van der Waals surface area contributed by atoms with Gasteiger partial charge < -0.3 is 19.7 Å². The summed E-state index contributed by atoms with van der Waals surface area (Å²) in [6, 6.07) is 2.06. The molecule has 0 unspecified atom stereocenters. The van der Waals surface area contributed by atoms with E-state index < -0.39 is 11.1 Å². The van der Waals surface area contributed by atoms with Crippen molar-refractivity contribution in [1.82, 2.24) is 19.6 Å². The third-order valence-electron chi connectivity index (χ3n) is 6.51. The van der Waals surface area contributed by atoms with Gasteiger partial charge in [-0.25, -0.2) is 9.78 Å². The number of carbonyl (C=O) groups excluding carboxylic acids is 2. The molecule has 166 valence electrons. The molecule has 2 aliphatic heterocycles. The van der Waals surface area contributed by atoms with Crippen molar-refractivity contribution in [2.75, 3.05) is 19.7 Å². The van der Waals surface area contributed by atoms with Gasteiger partial charge in [-0.2, -0.15) is 0 Å². The number of nitrogens with zero attached hydrogens (tertiary/aromatic N) is 3. The predicted molar refractivity (Wildman–Crippen MR) is 114 cm³/mol. The van der Waals surface area contributed by atoms with Crippen LogP contribution in [0.1, 0.15) is 46.0 Å². The lowest BCUT2D eigenvalue weighted by Gasteiger charge is -2.27.